The maximum Gasteiger partial charge on any atom is 0.269 e. The van der Waals surface area contributed by atoms with Crippen LogP contribution in [0.25, 0.3) is 0 Å². The van der Waals surface area contributed by atoms with Crippen LogP contribution in [0.2, 0.25) is 0 Å². The Hall–Kier alpha value is -2.15. The number of rotatable bonds is 5. The standard InChI is InChI=1S/C17H24N4O3/c22-17-13-18-8-12-20(17)11-7-14-5-9-19(10-6-14)15-1-3-16(4-2-15)21(23)24/h1-4,14,18H,5-13H2. The molecule has 0 radical (unpaired) electrons. The molecule has 1 aromatic carbocycles. The molecule has 0 saturated carbocycles. The van der Waals surface area contributed by atoms with Gasteiger partial charge >= 0.3 is 0 Å². The fourth-order valence-electron chi connectivity index (χ4n) is 3.49. The van der Waals surface area contributed by atoms with Gasteiger partial charge in [-0.25, -0.2) is 0 Å². The van der Waals surface area contributed by atoms with E-state index in [2.05, 4.69) is 10.2 Å². The zero-order valence-corrected chi connectivity index (χ0v) is 13.8. The quantitative estimate of drug-likeness (QED) is 0.655. The van der Waals surface area contributed by atoms with Crippen LogP contribution in [0.5, 0.6) is 0 Å². The number of carbonyl (C=O) groups excluding carboxylic acids is 1. The predicted octanol–water partition coefficient (Wildman–Crippen LogP) is 1.63. The van der Waals surface area contributed by atoms with E-state index in [1.807, 2.05) is 17.0 Å². The Morgan fingerprint density at radius 2 is 1.88 bits per heavy atom. The van der Waals surface area contributed by atoms with E-state index in [9.17, 15) is 14.9 Å². The van der Waals surface area contributed by atoms with Gasteiger partial charge in [-0.1, -0.05) is 0 Å². The number of hydrogen-bond acceptors (Lipinski definition) is 5. The molecule has 0 aliphatic carbocycles. The van der Waals surface area contributed by atoms with Gasteiger partial charge in [-0.15, -0.1) is 0 Å². The second-order valence-electron chi connectivity index (χ2n) is 6.55. The van der Waals surface area contributed by atoms with Crippen molar-refractivity contribution in [2.45, 2.75) is 19.3 Å². The number of non-ortho nitro benzene ring substituents is 1. The van der Waals surface area contributed by atoms with E-state index in [4.69, 9.17) is 0 Å². The minimum atomic E-state index is -0.368. The maximum absolute atomic E-state index is 11.8. The Kier molecular flexibility index (Phi) is 5.30. The molecule has 1 N–H and O–H groups in total. The Morgan fingerprint density at radius 3 is 2.50 bits per heavy atom. The summed E-state index contributed by atoms with van der Waals surface area (Å²) in [5.74, 6) is 0.867. The number of nitrogens with zero attached hydrogens (tertiary/aromatic N) is 3. The Balaban J connectivity index is 1.45. The molecular formula is C17H24N4O3. The van der Waals surface area contributed by atoms with Crippen molar-refractivity contribution in [2.24, 2.45) is 5.92 Å². The summed E-state index contributed by atoms with van der Waals surface area (Å²) in [6.07, 6.45) is 3.29. The van der Waals surface area contributed by atoms with Gasteiger partial charge in [0.1, 0.15) is 0 Å². The summed E-state index contributed by atoms with van der Waals surface area (Å²) in [6, 6.07) is 6.80. The molecule has 7 heteroatoms. The van der Waals surface area contributed by atoms with E-state index in [0.717, 1.165) is 57.7 Å². The average molecular weight is 332 g/mol. The molecule has 2 aliphatic heterocycles. The molecule has 1 aromatic rings. The largest absolute Gasteiger partial charge is 0.372 e. The number of piperidine rings is 1. The third-order valence-corrected chi connectivity index (χ3v) is 5.03. The second kappa shape index (κ2) is 7.61. The van der Waals surface area contributed by atoms with Gasteiger partial charge in [-0.2, -0.15) is 0 Å². The lowest BCUT2D eigenvalue weighted by Crippen LogP contribution is -2.48. The van der Waals surface area contributed by atoms with Crippen molar-refractivity contribution in [1.82, 2.24) is 10.2 Å². The number of carbonyl (C=O) groups is 1. The SMILES string of the molecule is O=C1CNCCN1CCC1CCN(c2ccc([N+](=O)[O-])cc2)CC1. The molecule has 0 aromatic heterocycles. The van der Waals surface area contributed by atoms with E-state index >= 15 is 0 Å². The summed E-state index contributed by atoms with van der Waals surface area (Å²) in [6.45, 7) is 4.99. The van der Waals surface area contributed by atoms with Crippen LogP contribution in [0.3, 0.4) is 0 Å². The molecule has 2 fully saturated rings. The number of hydrogen-bond donors (Lipinski definition) is 1. The summed E-state index contributed by atoms with van der Waals surface area (Å²) >= 11 is 0. The van der Waals surface area contributed by atoms with E-state index in [-0.39, 0.29) is 16.5 Å². The zero-order valence-electron chi connectivity index (χ0n) is 13.8. The zero-order chi connectivity index (χ0) is 16.9. The van der Waals surface area contributed by atoms with Crippen molar-refractivity contribution in [1.29, 1.82) is 0 Å². The number of nitro benzene ring substituents is 1. The van der Waals surface area contributed by atoms with Gasteiger partial charge in [0, 0.05) is 50.5 Å². The summed E-state index contributed by atoms with van der Waals surface area (Å²) in [4.78, 5) is 26.4. The smallest absolute Gasteiger partial charge is 0.269 e. The Bertz CT molecular complexity index is 582. The molecule has 24 heavy (non-hydrogen) atoms. The number of anilines is 1. The number of nitro groups is 1. The fraction of sp³-hybridized carbons (Fsp3) is 0.588. The number of nitrogens with one attached hydrogen (secondary N) is 1. The highest BCUT2D eigenvalue weighted by Crippen LogP contribution is 2.26. The molecular weight excluding hydrogens is 308 g/mol. The molecule has 3 rings (SSSR count). The highest BCUT2D eigenvalue weighted by molar-refractivity contribution is 5.78. The van der Waals surface area contributed by atoms with Crippen LogP contribution in [0.4, 0.5) is 11.4 Å². The molecule has 2 saturated heterocycles. The molecule has 0 bridgehead atoms. The third kappa shape index (κ3) is 4.03. The monoisotopic (exact) mass is 332 g/mol. The van der Waals surface area contributed by atoms with Gasteiger partial charge in [0.15, 0.2) is 0 Å². The van der Waals surface area contributed by atoms with Gasteiger partial charge < -0.3 is 15.1 Å². The van der Waals surface area contributed by atoms with Crippen LogP contribution in [0, 0.1) is 16.0 Å². The molecule has 1 amide bonds. The van der Waals surface area contributed by atoms with Crippen LogP contribution < -0.4 is 10.2 Å². The lowest BCUT2D eigenvalue weighted by Gasteiger charge is -2.35. The maximum atomic E-state index is 11.8. The van der Waals surface area contributed by atoms with Gasteiger partial charge in [0.05, 0.1) is 11.5 Å². The summed E-state index contributed by atoms with van der Waals surface area (Å²) in [7, 11) is 0. The number of amides is 1. The second-order valence-corrected chi connectivity index (χ2v) is 6.55. The predicted molar refractivity (Wildman–Crippen MR) is 92.1 cm³/mol. The van der Waals surface area contributed by atoms with Gasteiger partial charge in [-0.3, -0.25) is 14.9 Å². The first-order valence-electron chi connectivity index (χ1n) is 8.61. The van der Waals surface area contributed by atoms with E-state index < -0.39 is 0 Å². The first kappa shape index (κ1) is 16.7. The molecule has 2 aliphatic rings. The van der Waals surface area contributed by atoms with Crippen LogP contribution in [0.1, 0.15) is 19.3 Å². The van der Waals surface area contributed by atoms with Crippen molar-refractivity contribution in [2.75, 3.05) is 44.2 Å². The normalized spacial score (nSPS) is 19.6. The highest BCUT2D eigenvalue weighted by Gasteiger charge is 2.23. The number of piperazine rings is 1. The van der Waals surface area contributed by atoms with Crippen molar-refractivity contribution < 1.29 is 9.72 Å². The summed E-state index contributed by atoms with van der Waals surface area (Å²) in [5.41, 5.74) is 1.19. The molecule has 7 nitrogen and oxygen atoms in total. The Morgan fingerprint density at radius 1 is 1.17 bits per heavy atom. The van der Waals surface area contributed by atoms with Crippen molar-refractivity contribution >= 4 is 17.3 Å². The van der Waals surface area contributed by atoms with E-state index in [1.54, 1.807) is 12.1 Å². The fourth-order valence-corrected chi connectivity index (χ4v) is 3.49. The Labute approximate surface area is 141 Å². The van der Waals surface area contributed by atoms with Crippen molar-refractivity contribution in [3.63, 3.8) is 0 Å². The topological polar surface area (TPSA) is 78.7 Å². The first-order chi connectivity index (χ1) is 11.6. The van der Waals surface area contributed by atoms with Crippen LogP contribution >= 0.6 is 0 Å². The van der Waals surface area contributed by atoms with Crippen LogP contribution in [-0.4, -0.2) is 55.0 Å². The lowest BCUT2D eigenvalue weighted by molar-refractivity contribution is -0.384. The first-order valence-corrected chi connectivity index (χ1v) is 8.61. The molecule has 0 unspecified atom stereocenters. The van der Waals surface area contributed by atoms with Gasteiger partial charge in [0.25, 0.3) is 5.69 Å². The highest BCUT2D eigenvalue weighted by atomic mass is 16.6. The van der Waals surface area contributed by atoms with Crippen molar-refractivity contribution in [3.8, 4) is 0 Å². The summed E-state index contributed by atoms with van der Waals surface area (Å²) < 4.78 is 0. The van der Waals surface area contributed by atoms with Crippen LogP contribution in [0.15, 0.2) is 24.3 Å². The molecule has 130 valence electrons. The van der Waals surface area contributed by atoms with Gasteiger partial charge in [-0.05, 0) is 37.3 Å². The van der Waals surface area contributed by atoms with E-state index in [0.29, 0.717) is 12.5 Å². The van der Waals surface area contributed by atoms with Gasteiger partial charge in [0.2, 0.25) is 5.91 Å². The third-order valence-electron chi connectivity index (χ3n) is 5.03. The van der Waals surface area contributed by atoms with E-state index in [1.165, 1.54) is 0 Å². The van der Waals surface area contributed by atoms with Crippen LogP contribution in [-0.2, 0) is 4.79 Å². The molecule has 0 spiro atoms. The average Bonchev–Trinajstić information content (AvgIpc) is 2.62. The lowest BCUT2D eigenvalue weighted by atomic mass is 9.93. The molecule has 0 atom stereocenters. The van der Waals surface area contributed by atoms with Crippen molar-refractivity contribution in [3.05, 3.63) is 34.4 Å². The summed E-state index contributed by atoms with van der Waals surface area (Å²) in [5, 5.41) is 13.8. The molecule has 2 heterocycles. The minimum absolute atomic E-state index is 0.134. The minimum Gasteiger partial charge on any atom is -0.372 e. The number of benzene rings is 1.